The topological polar surface area (TPSA) is 36.8 Å². The lowest BCUT2D eigenvalue weighted by molar-refractivity contribution is -0.880. The fourth-order valence-corrected chi connectivity index (χ4v) is 3.20. The Morgan fingerprint density at radius 3 is 2.52 bits per heavy atom. The maximum atomic E-state index is 13.8. The molecule has 0 saturated carbocycles. The molecule has 0 aromatic heterocycles. The van der Waals surface area contributed by atoms with Crippen molar-refractivity contribution in [1.82, 2.24) is 0 Å². The van der Waals surface area contributed by atoms with Crippen LogP contribution < -0.4 is 15.1 Å². The fraction of sp³-hybridized carbons (Fsp3) is 0.316. The number of carbonyl (C=O) groups excluding carboxylic acids is 1. The SMILES string of the molecule is C[NH+]1CCN(c2ccc(NC(=O)Cc3c(F)cccc3Cl)cc2)CC1. The maximum Gasteiger partial charge on any atom is 0.228 e. The number of quaternary nitrogens is 1. The van der Waals surface area contributed by atoms with Crippen LogP contribution in [-0.2, 0) is 11.2 Å². The molecule has 132 valence electrons. The standard InChI is InChI=1S/C19H21ClFN3O/c1-23-9-11-24(12-10-23)15-7-5-14(6-8-15)22-19(25)13-16-17(20)3-2-4-18(16)21/h2-8H,9-13H2,1H3,(H,22,25)/p+1. The molecular weight excluding hydrogens is 341 g/mol. The van der Waals surface area contributed by atoms with Crippen LogP contribution in [0, 0.1) is 5.82 Å². The highest BCUT2D eigenvalue weighted by atomic mass is 35.5. The molecule has 1 aliphatic rings. The summed E-state index contributed by atoms with van der Waals surface area (Å²) in [6.07, 6.45) is -0.0888. The lowest BCUT2D eigenvalue weighted by Gasteiger charge is -2.31. The lowest BCUT2D eigenvalue weighted by Crippen LogP contribution is -3.12. The van der Waals surface area contributed by atoms with Gasteiger partial charge in [-0.15, -0.1) is 0 Å². The highest BCUT2D eigenvalue weighted by Gasteiger charge is 2.17. The van der Waals surface area contributed by atoms with E-state index in [2.05, 4.69) is 17.3 Å². The van der Waals surface area contributed by atoms with Crippen molar-refractivity contribution >= 4 is 28.9 Å². The van der Waals surface area contributed by atoms with Crippen molar-refractivity contribution in [2.45, 2.75) is 6.42 Å². The number of rotatable bonds is 4. The van der Waals surface area contributed by atoms with Crippen LogP contribution in [0.1, 0.15) is 5.56 Å². The molecule has 6 heteroatoms. The minimum atomic E-state index is -0.463. The van der Waals surface area contributed by atoms with Gasteiger partial charge in [0.2, 0.25) is 5.91 Å². The van der Waals surface area contributed by atoms with E-state index in [0.29, 0.717) is 5.69 Å². The number of piperazine rings is 1. The Labute approximate surface area is 152 Å². The molecule has 2 aromatic carbocycles. The van der Waals surface area contributed by atoms with Crippen LogP contribution in [0.25, 0.3) is 0 Å². The van der Waals surface area contributed by atoms with Crippen LogP contribution in [-0.4, -0.2) is 39.1 Å². The van der Waals surface area contributed by atoms with Crippen molar-refractivity contribution in [3.63, 3.8) is 0 Å². The Bertz CT molecular complexity index is 723. The summed E-state index contributed by atoms with van der Waals surface area (Å²) in [5.74, 6) is -0.752. The van der Waals surface area contributed by atoms with Crippen LogP contribution in [0.4, 0.5) is 15.8 Å². The molecule has 0 atom stereocenters. The molecule has 1 saturated heterocycles. The number of halogens is 2. The van der Waals surface area contributed by atoms with E-state index in [1.807, 2.05) is 24.3 Å². The second-order valence-electron chi connectivity index (χ2n) is 6.42. The van der Waals surface area contributed by atoms with Gasteiger partial charge in [0.15, 0.2) is 0 Å². The molecule has 25 heavy (non-hydrogen) atoms. The molecule has 0 aliphatic carbocycles. The number of carbonyl (C=O) groups is 1. The zero-order valence-corrected chi connectivity index (χ0v) is 14.9. The molecule has 1 heterocycles. The third-order valence-corrected chi connectivity index (χ3v) is 4.89. The third-order valence-electron chi connectivity index (χ3n) is 4.53. The summed E-state index contributed by atoms with van der Waals surface area (Å²) in [6, 6.07) is 12.2. The van der Waals surface area contributed by atoms with Gasteiger partial charge >= 0.3 is 0 Å². The molecule has 0 spiro atoms. The number of hydrogen-bond acceptors (Lipinski definition) is 2. The smallest absolute Gasteiger partial charge is 0.228 e. The van der Waals surface area contributed by atoms with Crippen LogP contribution in [0.5, 0.6) is 0 Å². The minimum absolute atomic E-state index is 0.0888. The summed E-state index contributed by atoms with van der Waals surface area (Å²) in [6.45, 7) is 4.32. The van der Waals surface area contributed by atoms with Gasteiger partial charge in [0.05, 0.1) is 39.6 Å². The average Bonchev–Trinajstić information content (AvgIpc) is 2.60. The van der Waals surface area contributed by atoms with Crippen molar-refractivity contribution in [1.29, 1.82) is 0 Å². The summed E-state index contributed by atoms with van der Waals surface area (Å²) in [4.78, 5) is 16.1. The molecule has 2 N–H and O–H groups in total. The lowest BCUT2D eigenvalue weighted by atomic mass is 10.1. The van der Waals surface area contributed by atoms with Crippen molar-refractivity contribution in [2.75, 3.05) is 43.4 Å². The molecule has 2 aromatic rings. The summed E-state index contributed by atoms with van der Waals surface area (Å²) in [5, 5.41) is 3.06. The summed E-state index contributed by atoms with van der Waals surface area (Å²) in [5.41, 5.74) is 2.07. The van der Waals surface area contributed by atoms with Gasteiger partial charge in [-0.3, -0.25) is 4.79 Å². The van der Waals surface area contributed by atoms with Crippen molar-refractivity contribution in [3.05, 3.63) is 58.9 Å². The second-order valence-corrected chi connectivity index (χ2v) is 6.82. The molecule has 1 aliphatic heterocycles. The highest BCUT2D eigenvalue weighted by Crippen LogP contribution is 2.21. The molecule has 0 unspecified atom stereocenters. The van der Waals surface area contributed by atoms with Crippen molar-refractivity contribution in [2.24, 2.45) is 0 Å². The molecule has 1 fully saturated rings. The van der Waals surface area contributed by atoms with Crippen LogP contribution in [0.2, 0.25) is 5.02 Å². The first-order chi connectivity index (χ1) is 12.0. The predicted molar refractivity (Wildman–Crippen MR) is 99.0 cm³/mol. The Balaban J connectivity index is 1.60. The number of amides is 1. The number of hydrogen-bond donors (Lipinski definition) is 2. The summed E-state index contributed by atoms with van der Waals surface area (Å²) >= 11 is 5.97. The number of likely N-dealkylation sites (N-methyl/N-ethyl adjacent to an activating group) is 1. The summed E-state index contributed by atoms with van der Waals surface area (Å²) < 4.78 is 13.8. The number of nitrogens with one attached hydrogen (secondary N) is 2. The quantitative estimate of drug-likeness (QED) is 0.872. The Kier molecular flexibility index (Phi) is 5.56. The number of benzene rings is 2. The van der Waals surface area contributed by atoms with E-state index >= 15 is 0 Å². The van der Waals surface area contributed by atoms with Gasteiger partial charge in [0.1, 0.15) is 5.82 Å². The zero-order chi connectivity index (χ0) is 17.8. The molecule has 3 rings (SSSR count). The van der Waals surface area contributed by atoms with E-state index in [9.17, 15) is 9.18 Å². The van der Waals surface area contributed by atoms with Crippen LogP contribution in [0.15, 0.2) is 42.5 Å². The van der Waals surface area contributed by atoms with E-state index in [-0.39, 0.29) is 22.9 Å². The Morgan fingerprint density at radius 1 is 1.20 bits per heavy atom. The maximum absolute atomic E-state index is 13.8. The largest absolute Gasteiger partial charge is 0.360 e. The van der Waals surface area contributed by atoms with E-state index < -0.39 is 5.82 Å². The van der Waals surface area contributed by atoms with Gasteiger partial charge in [0.25, 0.3) is 0 Å². The van der Waals surface area contributed by atoms with E-state index in [1.54, 1.807) is 11.0 Å². The van der Waals surface area contributed by atoms with Gasteiger partial charge in [0, 0.05) is 22.0 Å². The monoisotopic (exact) mass is 362 g/mol. The van der Waals surface area contributed by atoms with Crippen molar-refractivity contribution < 1.29 is 14.1 Å². The molecule has 1 amide bonds. The first-order valence-electron chi connectivity index (χ1n) is 8.42. The zero-order valence-electron chi connectivity index (χ0n) is 14.2. The molecule has 4 nitrogen and oxygen atoms in total. The normalized spacial score (nSPS) is 15.2. The van der Waals surface area contributed by atoms with E-state index in [0.717, 1.165) is 31.9 Å². The first-order valence-corrected chi connectivity index (χ1v) is 8.80. The Morgan fingerprint density at radius 2 is 1.88 bits per heavy atom. The number of nitrogens with zero attached hydrogens (tertiary/aromatic N) is 1. The third kappa shape index (κ3) is 4.50. The average molecular weight is 363 g/mol. The van der Waals surface area contributed by atoms with Gasteiger partial charge < -0.3 is 15.1 Å². The van der Waals surface area contributed by atoms with Crippen LogP contribution in [0.3, 0.4) is 0 Å². The van der Waals surface area contributed by atoms with Gasteiger partial charge in [-0.05, 0) is 36.4 Å². The molecule has 0 radical (unpaired) electrons. The second kappa shape index (κ2) is 7.85. The summed E-state index contributed by atoms with van der Waals surface area (Å²) in [7, 11) is 2.21. The fourth-order valence-electron chi connectivity index (χ4n) is 2.97. The Hall–Kier alpha value is -2.11. The number of anilines is 2. The molecule has 0 bridgehead atoms. The van der Waals surface area contributed by atoms with Gasteiger partial charge in [-0.25, -0.2) is 4.39 Å². The molecular formula is C19H22ClFN3O+. The minimum Gasteiger partial charge on any atom is -0.360 e. The first kappa shape index (κ1) is 17.7. The van der Waals surface area contributed by atoms with E-state index in [4.69, 9.17) is 11.6 Å². The predicted octanol–water partition coefficient (Wildman–Crippen LogP) is 2.00. The van der Waals surface area contributed by atoms with Gasteiger partial charge in [-0.1, -0.05) is 17.7 Å². The van der Waals surface area contributed by atoms with E-state index in [1.165, 1.54) is 12.1 Å². The van der Waals surface area contributed by atoms with Crippen molar-refractivity contribution in [3.8, 4) is 0 Å². The van der Waals surface area contributed by atoms with Crippen LogP contribution >= 0.6 is 11.6 Å². The highest BCUT2D eigenvalue weighted by molar-refractivity contribution is 6.31. The van der Waals surface area contributed by atoms with Gasteiger partial charge in [-0.2, -0.15) is 0 Å².